The number of hydrogen-bond donors (Lipinski definition) is 1. The number of nitrogens with zero attached hydrogens (tertiary/aromatic N) is 1. The van der Waals surface area contributed by atoms with E-state index in [9.17, 15) is 14.0 Å². The van der Waals surface area contributed by atoms with Crippen LogP contribution in [0.1, 0.15) is 50.6 Å². The number of rotatable bonds is 3. The Morgan fingerprint density at radius 1 is 1.31 bits per heavy atom. The molecule has 7 heteroatoms. The molecule has 1 heterocycles. The number of esters is 1. The van der Waals surface area contributed by atoms with E-state index in [-0.39, 0.29) is 22.3 Å². The SMILES string of the molecule is CC1=C(C(=O)OC2CCCCC2)[C@@H](c2c(F)cccc2Cl)NC(=O)N1C. The number of nitrogens with one attached hydrogen (secondary N) is 1. The van der Waals surface area contributed by atoms with Gasteiger partial charge in [0.25, 0.3) is 0 Å². The molecule has 1 aliphatic heterocycles. The highest BCUT2D eigenvalue weighted by Gasteiger charge is 2.38. The first-order valence-electron chi connectivity index (χ1n) is 8.80. The first-order valence-corrected chi connectivity index (χ1v) is 9.17. The number of amides is 2. The van der Waals surface area contributed by atoms with Crippen molar-refractivity contribution in [3.8, 4) is 0 Å². The van der Waals surface area contributed by atoms with Crippen LogP contribution < -0.4 is 5.32 Å². The highest BCUT2D eigenvalue weighted by Crippen LogP contribution is 2.36. The maximum atomic E-state index is 14.5. The summed E-state index contributed by atoms with van der Waals surface area (Å²) in [7, 11) is 1.55. The Kier molecular flexibility index (Phi) is 5.51. The van der Waals surface area contributed by atoms with Gasteiger partial charge in [-0.1, -0.05) is 24.1 Å². The van der Waals surface area contributed by atoms with Crippen molar-refractivity contribution in [2.45, 2.75) is 51.2 Å². The minimum Gasteiger partial charge on any atom is -0.459 e. The van der Waals surface area contributed by atoms with E-state index < -0.39 is 23.9 Å². The van der Waals surface area contributed by atoms with Gasteiger partial charge in [-0.3, -0.25) is 0 Å². The van der Waals surface area contributed by atoms with Gasteiger partial charge in [-0.25, -0.2) is 14.0 Å². The molecule has 140 valence electrons. The van der Waals surface area contributed by atoms with E-state index in [4.69, 9.17) is 16.3 Å². The third-order valence-electron chi connectivity index (χ3n) is 5.09. The van der Waals surface area contributed by atoms with E-state index in [1.807, 2.05) is 0 Å². The Morgan fingerprint density at radius 3 is 2.65 bits per heavy atom. The molecule has 0 bridgehead atoms. The Bertz CT molecular complexity index is 739. The summed E-state index contributed by atoms with van der Waals surface area (Å²) in [6.07, 6.45) is 4.69. The number of benzene rings is 1. The Balaban J connectivity index is 1.99. The first-order chi connectivity index (χ1) is 12.4. The standard InChI is InChI=1S/C19H22ClFN2O3/c1-11-15(18(24)26-12-7-4-3-5-8-12)17(22-19(25)23(11)2)16-13(20)9-6-10-14(16)21/h6,9-10,12,17H,3-5,7-8H2,1-2H3,(H,22,25)/t17-/m0/s1. The molecule has 26 heavy (non-hydrogen) atoms. The summed E-state index contributed by atoms with van der Waals surface area (Å²) in [5, 5.41) is 2.82. The Morgan fingerprint density at radius 2 is 2.00 bits per heavy atom. The molecule has 1 fully saturated rings. The van der Waals surface area contributed by atoms with Gasteiger partial charge in [-0.05, 0) is 44.7 Å². The van der Waals surface area contributed by atoms with E-state index in [0.717, 1.165) is 32.1 Å². The molecule has 1 aromatic carbocycles. The molecule has 0 spiro atoms. The zero-order valence-corrected chi connectivity index (χ0v) is 15.6. The lowest BCUT2D eigenvalue weighted by Gasteiger charge is -2.34. The van der Waals surface area contributed by atoms with Gasteiger partial charge in [0, 0.05) is 23.3 Å². The summed E-state index contributed by atoms with van der Waals surface area (Å²) < 4.78 is 20.1. The number of hydrogen-bond acceptors (Lipinski definition) is 3. The van der Waals surface area contributed by atoms with Crippen molar-refractivity contribution in [1.82, 2.24) is 10.2 Å². The van der Waals surface area contributed by atoms with E-state index >= 15 is 0 Å². The Hall–Kier alpha value is -2.08. The molecule has 5 nitrogen and oxygen atoms in total. The average Bonchev–Trinajstić information content (AvgIpc) is 2.60. The van der Waals surface area contributed by atoms with Crippen molar-refractivity contribution in [1.29, 1.82) is 0 Å². The lowest BCUT2D eigenvalue weighted by molar-refractivity contribution is -0.146. The fourth-order valence-corrected chi connectivity index (χ4v) is 3.77. The van der Waals surface area contributed by atoms with Crippen molar-refractivity contribution in [2.24, 2.45) is 0 Å². The first kappa shape index (κ1) is 18.7. The van der Waals surface area contributed by atoms with Crippen LogP contribution in [-0.2, 0) is 9.53 Å². The zero-order chi connectivity index (χ0) is 18.8. The summed E-state index contributed by atoms with van der Waals surface area (Å²) in [5.74, 6) is -1.12. The summed E-state index contributed by atoms with van der Waals surface area (Å²) in [5.41, 5.74) is 0.717. The molecule has 2 aliphatic rings. The molecule has 0 radical (unpaired) electrons. The van der Waals surface area contributed by atoms with Gasteiger partial charge < -0.3 is 15.0 Å². The second-order valence-electron chi connectivity index (χ2n) is 6.74. The van der Waals surface area contributed by atoms with Crippen LogP contribution in [-0.4, -0.2) is 30.1 Å². The van der Waals surface area contributed by atoms with Gasteiger partial charge in [-0.15, -0.1) is 0 Å². The van der Waals surface area contributed by atoms with E-state index in [2.05, 4.69) is 5.32 Å². The van der Waals surface area contributed by atoms with Crippen LogP contribution >= 0.6 is 11.6 Å². The van der Waals surface area contributed by atoms with Gasteiger partial charge in [0.2, 0.25) is 0 Å². The van der Waals surface area contributed by atoms with Gasteiger partial charge in [-0.2, -0.15) is 0 Å². The van der Waals surface area contributed by atoms with Crippen LogP contribution in [0.4, 0.5) is 9.18 Å². The number of halogens is 2. The molecule has 1 saturated carbocycles. The van der Waals surface area contributed by atoms with Crippen molar-refractivity contribution in [2.75, 3.05) is 7.05 Å². The third kappa shape index (κ3) is 3.56. The zero-order valence-electron chi connectivity index (χ0n) is 14.9. The number of urea groups is 1. The molecule has 2 amide bonds. The molecular formula is C19H22ClFN2O3. The summed E-state index contributed by atoms with van der Waals surface area (Å²) in [6, 6.07) is 2.85. The molecular weight excluding hydrogens is 359 g/mol. The van der Waals surface area contributed by atoms with Crippen LogP contribution in [0.3, 0.4) is 0 Å². The second-order valence-corrected chi connectivity index (χ2v) is 7.15. The van der Waals surface area contributed by atoms with Crippen molar-refractivity contribution in [3.63, 3.8) is 0 Å². The van der Waals surface area contributed by atoms with E-state index in [1.165, 1.54) is 23.1 Å². The summed E-state index contributed by atoms with van der Waals surface area (Å²) in [4.78, 5) is 26.5. The quantitative estimate of drug-likeness (QED) is 0.794. The van der Waals surface area contributed by atoms with Gasteiger partial charge in [0.1, 0.15) is 11.9 Å². The van der Waals surface area contributed by atoms with Crippen LogP contribution in [0, 0.1) is 5.82 Å². The maximum absolute atomic E-state index is 14.5. The van der Waals surface area contributed by atoms with Crippen molar-refractivity contribution >= 4 is 23.6 Å². The smallest absolute Gasteiger partial charge is 0.338 e. The normalized spacial score (nSPS) is 21.6. The fourth-order valence-electron chi connectivity index (χ4n) is 3.50. The average molecular weight is 381 g/mol. The van der Waals surface area contributed by atoms with Gasteiger partial charge in [0.15, 0.2) is 0 Å². The van der Waals surface area contributed by atoms with Gasteiger partial charge >= 0.3 is 12.0 Å². The maximum Gasteiger partial charge on any atom is 0.338 e. The number of ether oxygens (including phenoxy) is 1. The highest BCUT2D eigenvalue weighted by molar-refractivity contribution is 6.31. The molecule has 0 unspecified atom stereocenters. The molecule has 1 N–H and O–H groups in total. The van der Waals surface area contributed by atoms with Crippen molar-refractivity contribution in [3.05, 3.63) is 45.9 Å². The third-order valence-corrected chi connectivity index (χ3v) is 5.42. The van der Waals surface area contributed by atoms with Crippen LogP contribution in [0.2, 0.25) is 5.02 Å². The topological polar surface area (TPSA) is 58.6 Å². The van der Waals surface area contributed by atoms with Crippen molar-refractivity contribution < 1.29 is 18.7 Å². The number of carbonyl (C=O) groups excluding carboxylic acids is 2. The highest BCUT2D eigenvalue weighted by atomic mass is 35.5. The molecule has 1 aliphatic carbocycles. The largest absolute Gasteiger partial charge is 0.459 e. The lowest BCUT2D eigenvalue weighted by Crippen LogP contribution is -2.46. The van der Waals surface area contributed by atoms with Crippen LogP contribution in [0.15, 0.2) is 29.5 Å². The molecule has 0 saturated heterocycles. The lowest BCUT2D eigenvalue weighted by atomic mass is 9.94. The summed E-state index contributed by atoms with van der Waals surface area (Å²) in [6.45, 7) is 1.65. The molecule has 1 atom stereocenters. The second kappa shape index (κ2) is 7.66. The summed E-state index contributed by atoms with van der Waals surface area (Å²) >= 11 is 6.18. The molecule has 0 aromatic heterocycles. The van der Waals surface area contributed by atoms with E-state index in [1.54, 1.807) is 14.0 Å². The van der Waals surface area contributed by atoms with Gasteiger partial charge in [0.05, 0.1) is 11.6 Å². The Labute approximate surface area is 157 Å². The minimum atomic E-state index is -0.983. The predicted octanol–water partition coefficient (Wildman–Crippen LogP) is 4.33. The monoisotopic (exact) mass is 380 g/mol. The molecule has 1 aromatic rings. The molecule has 3 rings (SSSR count). The van der Waals surface area contributed by atoms with Crippen LogP contribution in [0.5, 0.6) is 0 Å². The minimum absolute atomic E-state index is 0.0746. The predicted molar refractivity (Wildman–Crippen MR) is 96.1 cm³/mol. The number of allylic oxidation sites excluding steroid dienone is 1. The number of carbonyl (C=O) groups is 2. The van der Waals surface area contributed by atoms with E-state index in [0.29, 0.717) is 5.70 Å². The fraction of sp³-hybridized carbons (Fsp3) is 0.474. The van der Waals surface area contributed by atoms with Crippen LogP contribution in [0.25, 0.3) is 0 Å².